The molecule has 1 aromatic rings. The molecule has 4 heteroatoms. The van der Waals surface area contributed by atoms with Gasteiger partial charge in [-0.3, -0.25) is 4.79 Å². The molecule has 0 bridgehead atoms. The Morgan fingerprint density at radius 3 is 2.50 bits per heavy atom. The van der Waals surface area contributed by atoms with Crippen molar-refractivity contribution in [2.75, 3.05) is 0 Å². The lowest BCUT2D eigenvalue weighted by Gasteiger charge is -2.25. The van der Waals surface area contributed by atoms with E-state index in [1.165, 1.54) is 12.1 Å². The molecule has 0 aromatic heterocycles. The van der Waals surface area contributed by atoms with Crippen molar-refractivity contribution < 1.29 is 9.18 Å². The van der Waals surface area contributed by atoms with E-state index in [2.05, 4.69) is 15.9 Å². The number of benzene rings is 1. The molecule has 0 spiro atoms. The van der Waals surface area contributed by atoms with Crippen molar-refractivity contribution in [2.45, 2.75) is 32.2 Å². The fourth-order valence-corrected chi connectivity index (χ4v) is 1.87. The van der Waals surface area contributed by atoms with Crippen LogP contribution in [-0.2, 0) is 0 Å². The lowest BCUT2D eigenvalue weighted by Crippen LogP contribution is -2.47. The molecule has 2 nitrogen and oxygen atoms in total. The molecule has 0 aliphatic rings. The highest BCUT2D eigenvalue weighted by atomic mass is 79.9. The Morgan fingerprint density at radius 2 is 2.00 bits per heavy atom. The Kier molecular flexibility index (Phi) is 4.21. The van der Waals surface area contributed by atoms with Crippen LogP contribution in [0.3, 0.4) is 0 Å². The topological polar surface area (TPSA) is 43.1 Å². The maximum Gasteiger partial charge on any atom is 0.185 e. The highest BCUT2D eigenvalue weighted by Crippen LogP contribution is 2.23. The molecule has 0 saturated heterocycles. The van der Waals surface area contributed by atoms with E-state index in [9.17, 15) is 9.18 Å². The summed E-state index contributed by atoms with van der Waals surface area (Å²) in [5, 5.41) is 0. The summed E-state index contributed by atoms with van der Waals surface area (Å²) in [5.41, 5.74) is 5.05. The van der Waals surface area contributed by atoms with Gasteiger partial charge in [0, 0.05) is 4.47 Å². The van der Waals surface area contributed by atoms with Gasteiger partial charge in [0.1, 0.15) is 5.82 Å². The van der Waals surface area contributed by atoms with Crippen molar-refractivity contribution in [3.63, 3.8) is 0 Å². The Hall–Kier alpha value is -0.740. The minimum atomic E-state index is -0.971. The molecule has 88 valence electrons. The van der Waals surface area contributed by atoms with Crippen LogP contribution in [0.5, 0.6) is 0 Å². The summed E-state index contributed by atoms with van der Waals surface area (Å²) >= 11 is 3.22. The van der Waals surface area contributed by atoms with E-state index in [0.717, 1.165) is 0 Å². The minimum Gasteiger partial charge on any atom is -0.319 e. The third kappa shape index (κ3) is 2.50. The van der Waals surface area contributed by atoms with Crippen molar-refractivity contribution in [2.24, 2.45) is 5.73 Å². The summed E-state index contributed by atoms with van der Waals surface area (Å²) in [7, 11) is 0. The van der Waals surface area contributed by atoms with E-state index >= 15 is 0 Å². The Labute approximate surface area is 103 Å². The van der Waals surface area contributed by atoms with Gasteiger partial charge in [-0.2, -0.15) is 0 Å². The molecule has 1 rings (SSSR count). The smallest absolute Gasteiger partial charge is 0.185 e. The molecule has 0 radical (unpaired) electrons. The first kappa shape index (κ1) is 13.3. The van der Waals surface area contributed by atoms with Gasteiger partial charge in [-0.05, 0) is 31.0 Å². The average Bonchev–Trinajstić information content (AvgIpc) is 2.30. The van der Waals surface area contributed by atoms with Gasteiger partial charge in [-0.15, -0.1) is 0 Å². The molecule has 0 atom stereocenters. The number of nitrogens with two attached hydrogens (primary N) is 1. The number of carbonyl (C=O) groups is 1. The zero-order chi connectivity index (χ0) is 12.3. The largest absolute Gasteiger partial charge is 0.319 e. The van der Waals surface area contributed by atoms with Crippen molar-refractivity contribution in [3.8, 4) is 0 Å². The molecular formula is C12H15BrFNO. The van der Waals surface area contributed by atoms with E-state index < -0.39 is 11.4 Å². The second-order valence-electron chi connectivity index (χ2n) is 3.82. The molecule has 0 amide bonds. The first-order valence-electron chi connectivity index (χ1n) is 5.23. The van der Waals surface area contributed by atoms with Crippen LogP contribution in [0.1, 0.15) is 37.0 Å². The number of rotatable bonds is 4. The standard InChI is InChI=1S/C12H15BrFNO/c1-3-12(15,4-2)11(16)9-7-8(13)5-6-10(9)14/h5-7H,3-4,15H2,1-2H3. The second kappa shape index (κ2) is 5.06. The van der Waals surface area contributed by atoms with Crippen molar-refractivity contribution in [1.82, 2.24) is 0 Å². The van der Waals surface area contributed by atoms with Crippen LogP contribution in [0.4, 0.5) is 4.39 Å². The zero-order valence-electron chi connectivity index (χ0n) is 9.39. The van der Waals surface area contributed by atoms with E-state index in [1.807, 2.05) is 13.8 Å². The third-order valence-corrected chi connectivity index (χ3v) is 3.38. The Balaban J connectivity index is 3.18. The van der Waals surface area contributed by atoms with E-state index in [-0.39, 0.29) is 11.3 Å². The molecular weight excluding hydrogens is 273 g/mol. The van der Waals surface area contributed by atoms with Crippen LogP contribution in [0.2, 0.25) is 0 Å². The highest BCUT2D eigenvalue weighted by molar-refractivity contribution is 9.10. The number of carbonyl (C=O) groups excluding carboxylic acids is 1. The van der Waals surface area contributed by atoms with Gasteiger partial charge >= 0.3 is 0 Å². The van der Waals surface area contributed by atoms with Crippen LogP contribution < -0.4 is 5.73 Å². The molecule has 0 aliphatic carbocycles. The molecule has 0 unspecified atom stereocenters. The van der Waals surface area contributed by atoms with Gasteiger partial charge in [0.25, 0.3) is 0 Å². The average molecular weight is 288 g/mol. The van der Waals surface area contributed by atoms with Crippen LogP contribution in [-0.4, -0.2) is 11.3 Å². The van der Waals surface area contributed by atoms with Crippen LogP contribution >= 0.6 is 15.9 Å². The molecule has 0 fully saturated rings. The van der Waals surface area contributed by atoms with Gasteiger partial charge in [-0.1, -0.05) is 29.8 Å². The monoisotopic (exact) mass is 287 g/mol. The first-order valence-corrected chi connectivity index (χ1v) is 6.02. The maximum absolute atomic E-state index is 13.5. The van der Waals surface area contributed by atoms with Crippen LogP contribution in [0, 0.1) is 5.82 Å². The third-order valence-electron chi connectivity index (χ3n) is 2.89. The Bertz CT molecular complexity index is 402. The van der Waals surface area contributed by atoms with Gasteiger partial charge < -0.3 is 5.73 Å². The quantitative estimate of drug-likeness (QED) is 0.864. The lowest BCUT2D eigenvalue weighted by atomic mass is 9.85. The van der Waals surface area contributed by atoms with Crippen LogP contribution in [0.15, 0.2) is 22.7 Å². The Morgan fingerprint density at radius 1 is 1.44 bits per heavy atom. The van der Waals surface area contributed by atoms with Crippen LogP contribution in [0.25, 0.3) is 0 Å². The summed E-state index contributed by atoms with van der Waals surface area (Å²) in [6.45, 7) is 3.66. The number of hydrogen-bond donors (Lipinski definition) is 1. The fourth-order valence-electron chi connectivity index (χ4n) is 1.51. The predicted octanol–water partition coefficient (Wildman–Crippen LogP) is 3.29. The van der Waals surface area contributed by atoms with Gasteiger partial charge in [0.15, 0.2) is 5.78 Å². The zero-order valence-corrected chi connectivity index (χ0v) is 11.0. The molecule has 0 saturated carbocycles. The molecule has 0 aliphatic heterocycles. The molecule has 1 aromatic carbocycles. The first-order chi connectivity index (χ1) is 7.44. The van der Waals surface area contributed by atoms with Gasteiger partial charge in [0.2, 0.25) is 0 Å². The highest BCUT2D eigenvalue weighted by Gasteiger charge is 2.32. The number of halogens is 2. The minimum absolute atomic E-state index is 0.0561. The van der Waals surface area contributed by atoms with Crippen molar-refractivity contribution in [1.29, 1.82) is 0 Å². The van der Waals surface area contributed by atoms with Crippen molar-refractivity contribution >= 4 is 21.7 Å². The number of Topliss-reactive ketones (excluding diaryl/α,β-unsaturated/α-hetero) is 1. The van der Waals surface area contributed by atoms with Crippen molar-refractivity contribution in [3.05, 3.63) is 34.1 Å². The fraction of sp³-hybridized carbons (Fsp3) is 0.417. The summed E-state index contributed by atoms with van der Waals surface area (Å²) in [4.78, 5) is 12.1. The van der Waals surface area contributed by atoms with Gasteiger partial charge in [-0.25, -0.2) is 4.39 Å². The summed E-state index contributed by atoms with van der Waals surface area (Å²) in [6.07, 6.45) is 0.989. The van der Waals surface area contributed by atoms with E-state index in [0.29, 0.717) is 17.3 Å². The normalized spacial score (nSPS) is 11.6. The van der Waals surface area contributed by atoms with Gasteiger partial charge in [0.05, 0.1) is 11.1 Å². The molecule has 2 N–H and O–H groups in total. The summed E-state index contributed by atoms with van der Waals surface area (Å²) < 4.78 is 14.2. The summed E-state index contributed by atoms with van der Waals surface area (Å²) in [6, 6.07) is 4.30. The molecule has 0 heterocycles. The number of hydrogen-bond acceptors (Lipinski definition) is 2. The van der Waals surface area contributed by atoms with E-state index in [1.54, 1.807) is 6.07 Å². The second-order valence-corrected chi connectivity index (χ2v) is 4.73. The summed E-state index contributed by atoms with van der Waals surface area (Å²) in [5.74, 6) is -0.860. The predicted molar refractivity (Wildman–Crippen MR) is 65.9 cm³/mol. The maximum atomic E-state index is 13.5. The molecule has 16 heavy (non-hydrogen) atoms. The lowest BCUT2D eigenvalue weighted by molar-refractivity contribution is 0.0875. The number of ketones is 1. The van der Waals surface area contributed by atoms with E-state index in [4.69, 9.17) is 5.73 Å². The SMILES string of the molecule is CCC(N)(CC)C(=O)c1cc(Br)ccc1F.